The number of ether oxygens (including phenoxy) is 1. The van der Waals surface area contributed by atoms with E-state index >= 15 is 0 Å². The van der Waals surface area contributed by atoms with Gasteiger partial charge in [-0.1, -0.05) is 24.3 Å². The maximum absolute atomic E-state index is 12.6. The number of likely N-dealkylation sites (tertiary alicyclic amines) is 1. The number of hydrogen-bond donors (Lipinski definition) is 2. The Morgan fingerprint density at radius 1 is 1.19 bits per heavy atom. The van der Waals surface area contributed by atoms with E-state index in [2.05, 4.69) is 5.32 Å². The Morgan fingerprint density at radius 3 is 2.67 bits per heavy atom. The Hall–Kier alpha value is -2.86. The molecule has 3 rings (SSSR count). The summed E-state index contributed by atoms with van der Waals surface area (Å²) in [6, 6.07) is 15.6. The molecule has 2 aromatic rings. The van der Waals surface area contributed by atoms with Crippen LogP contribution in [0.25, 0.3) is 11.1 Å². The van der Waals surface area contributed by atoms with Crippen molar-refractivity contribution in [3.8, 4) is 16.9 Å². The highest BCUT2D eigenvalue weighted by molar-refractivity contribution is 5.93. The molecular formula is C21H25N3O3. The number of nitrogens with two attached hydrogens (primary N) is 1. The quantitative estimate of drug-likeness (QED) is 0.822. The number of benzene rings is 2. The van der Waals surface area contributed by atoms with Crippen LogP contribution in [0.5, 0.6) is 5.75 Å². The normalized spacial score (nSPS) is 17.3. The first-order valence-electron chi connectivity index (χ1n) is 9.11. The number of methoxy groups -OCH3 is 1. The molecule has 0 radical (unpaired) electrons. The lowest BCUT2D eigenvalue weighted by Gasteiger charge is -2.30. The summed E-state index contributed by atoms with van der Waals surface area (Å²) in [5, 5.41) is 2.98. The molecule has 0 aromatic heterocycles. The predicted octanol–water partition coefficient (Wildman–Crippen LogP) is 2.50. The van der Waals surface area contributed by atoms with Crippen LogP contribution in [0.1, 0.15) is 12.8 Å². The zero-order valence-corrected chi connectivity index (χ0v) is 15.5. The van der Waals surface area contributed by atoms with Crippen LogP contribution in [0.15, 0.2) is 48.5 Å². The van der Waals surface area contributed by atoms with Gasteiger partial charge in [-0.05, 0) is 54.8 Å². The average Bonchev–Trinajstić information content (AvgIpc) is 2.68. The van der Waals surface area contributed by atoms with Crippen LogP contribution in [0.2, 0.25) is 0 Å². The highest BCUT2D eigenvalue weighted by Crippen LogP contribution is 2.25. The molecule has 0 aliphatic carbocycles. The van der Waals surface area contributed by atoms with Crippen LogP contribution in [-0.4, -0.2) is 43.5 Å². The Bertz CT molecular complexity index is 805. The van der Waals surface area contributed by atoms with Crippen LogP contribution in [0, 0.1) is 5.92 Å². The lowest BCUT2D eigenvalue weighted by molar-refractivity contribution is -0.124. The number of amides is 2. The predicted molar refractivity (Wildman–Crippen MR) is 105 cm³/mol. The van der Waals surface area contributed by atoms with Crippen LogP contribution in [0.4, 0.5) is 5.69 Å². The summed E-state index contributed by atoms with van der Waals surface area (Å²) in [6.07, 6.45) is 1.71. The Labute approximate surface area is 159 Å². The third-order valence-corrected chi connectivity index (χ3v) is 4.81. The SMILES string of the molecule is COc1cccc(-c2ccc(NC(=O)[C@H]3CCCN(CC(N)=O)C3)cc2)c1. The van der Waals surface area contributed by atoms with Gasteiger partial charge in [-0.15, -0.1) is 0 Å². The van der Waals surface area contributed by atoms with E-state index in [0.717, 1.165) is 42.0 Å². The van der Waals surface area contributed by atoms with Crippen molar-refractivity contribution in [2.24, 2.45) is 11.7 Å². The van der Waals surface area contributed by atoms with Gasteiger partial charge in [0.2, 0.25) is 11.8 Å². The standard InChI is InChI=1S/C21H25N3O3/c1-27-19-6-2-4-16(12-19)15-7-9-18(10-8-15)23-21(26)17-5-3-11-24(13-17)14-20(22)25/h2,4,6-10,12,17H,3,5,11,13-14H2,1H3,(H2,22,25)(H,23,26)/t17-/m0/s1. The molecule has 0 bridgehead atoms. The lowest BCUT2D eigenvalue weighted by Crippen LogP contribution is -2.44. The second-order valence-corrected chi connectivity index (χ2v) is 6.84. The summed E-state index contributed by atoms with van der Waals surface area (Å²) in [5.74, 6) is 0.307. The molecule has 1 saturated heterocycles. The highest BCUT2D eigenvalue weighted by Gasteiger charge is 2.26. The van der Waals surface area contributed by atoms with Crippen molar-refractivity contribution >= 4 is 17.5 Å². The average molecular weight is 367 g/mol. The van der Waals surface area contributed by atoms with Crippen LogP contribution >= 0.6 is 0 Å². The maximum atomic E-state index is 12.6. The van der Waals surface area contributed by atoms with Crippen molar-refractivity contribution in [1.29, 1.82) is 0 Å². The number of nitrogens with zero attached hydrogens (tertiary/aromatic N) is 1. The molecule has 1 atom stereocenters. The Kier molecular flexibility index (Phi) is 6.08. The first-order valence-corrected chi connectivity index (χ1v) is 9.11. The first kappa shape index (κ1) is 18.9. The molecule has 1 aliphatic rings. The zero-order chi connectivity index (χ0) is 19.2. The summed E-state index contributed by atoms with van der Waals surface area (Å²) in [7, 11) is 1.65. The summed E-state index contributed by atoms with van der Waals surface area (Å²) in [4.78, 5) is 25.6. The Balaban J connectivity index is 1.62. The summed E-state index contributed by atoms with van der Waals surface area (Å²) in [5.41, 5.74) is 8.13. The summed E-state index contributed by atoms with van der Waals surface area (Å²) in [6.45, 7) is 1.58. The van der Waals surface area contributed by atoms with E-state index in [9.17, 15) is 9.59 Å². The van der Waals surface area contributed by atoms with Crippen LogP contribution < -0.4 is 15.8 Å². The van der Waals surface area contributed by atoms with Crippen molar-refractivity contribution in [3.63, 3.8) is 0 Å². The minimum atomic E-state index is -0.357. The monoisotopic (exact) mass is 367 g/mol. The van der Waals surface area contributed by atoms with Crippen LogP contribution in [-0.2, 0) is 9.59 Å². The second kappa shape index (κ2) is 8.68. The van der Waals surface area contributed by atoms with E-state index in [0.29, 0.717) is 6.54 Å². The number of anilines is 1. The van der Waals surface area contributed by atoms with Crippen molar-refractivity contribution < 1.29 is 14.3 Å². The molecule has 0 spiro atoms. The third kappa shape index (κ3) is 5.08. The fourth-order valence-electron chi connectivity index (χ4n) is 3.43. The number of piperidine rings is 1. The molecule has 2 aromatic carbocycles. The molecule has 27 heavy (non-hydrogen) atoms. The lowest BCUT2D eigenvalue weighted by atomic mass is 9.97. The minimum Gasteiger partial charge on any atom is -0.497 e. The number of rotatable bonds is 6. The van der Waals surface area contributed by atoms with E-state index in [1.54, 1.807) is 7.11 Å². The highest BCUT2D eigenvalue weighted by atomic mass is 16.5. The van der Waals surface area contributed by atoms with Gasteiger partial charge in [0.25, 0.3) is 0 Å². The molecule has 1 heterocycles. The molecule has 142 valence electrons. The van der Waals surface area contributed by atoms with E-state index < -0.39 is 0 Å². The molecule has 1 fully saturated rings. The minimum absolute atomic E-state index is 0.0155. The van der Waals surface area contributed by atoms with Gasteiger partial charge in [0.15, 0.2) is 0 Å². The summed E-state index contributed by atoms with van der Waals surface area (Å²) < 4.78 is 5.26. The fraction of sp³-hybridized carbons (Fsp3) is 0.333. The number of carbonyl (C=O) groups is 2. The summed E-state index contributed by atoms with van der Waals surface area (Å²) >= 11 is 0. The van der Waals surface area contributed by atoms with Gasteiger partial charge in [0, 0.05) is 12.2 Å². The number of hydrogen-bond acceptors (Lipinski definition) is 4. The fourth-order valence-corrected chi connectivity index (χ4v) is 3.43. The van der Waals surface area contributed by atoms with E-state index in [1.165, 1.54) is 0 Å². The molecule has 6 nitrogen and oxygen atoms in total. The van der Waals surface area contributed by atoms with Gasteiger partial charge in [0.1, 0.15) is 5.75 Å². The van der Waals surface area contributed by atoms with E-state index in [1.807, 2.05) is 53.4 Å². The largest absolute Gasteiger partial charge is 0.497 e. The molecule has 0 saturated carbocycles. The maximum Gasteiger partial charge on any atom is 0.231 e. The van der Waals surface area contributed by atoms with Crippen molar-refractivity contribution in [2.75, 3.05) is 32.1 Å². The van der Waals surface area contributed by atoms with Crippen LogP contribution in [0.3, 0.4) is 0 Å². The van der Waals surface area contributed by atoms with Crippen molar-refractivity contribution in [3.05, 3.63) is 48.5 Å². The van der Waals surface area contributed by atoms with Gasteiger partial charge in [-0.25, -0.2) is 0 Å². The van der Waals surface area contributed by atoms with Gasteiger partial charge < -0.3 is 15.8 Å². The first-order chi connectivity index (χ1) is 13.0. The van der Waals surface area contributed by atoms with Gasteiger partial charge in [-0.2, -0.15) is 0 Å². The molecular weight excluding hydrogens is 342 g/mol. The molecule has 6 heteroatoms. The molecule has 1 aliphatic heterocycles. The van der Waals surface area contributed by atoms with Gasteiger partial charge in [-0.3, -0.25) is 14.5 Å². The number of carbonyl (C=O) groups excluding carboxylic acids is 2. The topological polar surface area (TPSA) is 84.7 Å². The van der Waals surface area contributed by atoms with Crippen molar-refractivity contribution in [2.45, 2.75) is 12.8 Å². The van der Waals surface area contributed by atoms with E-state index in [4.69, 9.17) is 10.5 Å². The van der Waals surface area contributed by atoms with E-state index in [-0.39, 0.29) is 24.3 Å². The molecule has 0 unspecified atom stereocenters. The smallest absolute Gasteiger partial charge is 0.231 e. The Morgan fingerprint density at radius 2 is 1.96 bits per heavy atom. The molecule has 2 amide bonds. The zero-order valence-electron chi connectivity index (χ0n) is 15.5. The third-order valence-electron chi connectivity index (χ3n) is 4.81. The van der Waals surface area contributed by atoms with Gasteiger partial charge >= 0.3 is 0 Å². The second-order valence-electron chi connectivity index (χ2n) is 6.84. The number of primary amides is 1. The van der Waals surface area contributed by atoms with Gasteiger partial charge in [0.05, 0.1) is 19.6 Å². The number of nitrogens with one attached hydrogen (secondary N) is 1. The van der Waals surface area contributed by atoms with Crippen molar-refractivity contribution in [1.82, 2.24) is 4.90 Å². The molecule has 3 N–H and O–H groups in total.